The second kappa shape index (κ2) is 7.18. The zero-order valence-corrected chi connectivity index (χ0v) is 17.1. The van der Waals surface area contributed by atoms with Crippen molar-refractivity contribution in [1.29, 1.82) is 0 Å². The van der Waals surface area contributed by atoms with Crippen LogP contribution in [0.5, 0.6) is 0 Å². The van der Waals surface area contributed by atoms with Gasteiger partial charge in [-0.1, -0.05) is 35.5 Å². The molecular formula is C22H19N3OS2. The predicted octanol–water partition coefficient (Wildman–Crippen LogP) is 4.93. The molecule has 0 saturated heterocycles. The minimum atomic E-state index is 0.0526. The lowest BCUT2D eigenvalue weighted by molar-refractivity contribution is 0.819. The maximum Gasteiger partial charge on any atom is 0.267 e. The summed E-state index contributed by atoms with van der Waals surface area (Å²) in [4.78, 5) is 25.1. The van der Waals surface area contributed by atoms with E-state index in [9.17, 15) is 4.79 Å². The van der Waals surface area contributed by atoms with E-state index in [2.05, 4.69) is 11.9 Å². The van der Waals surface area contributed by atoms with Crippen LogP contribution in [0, 0.1) is 6.92 Å². The van der Waals surface area contributed by atoms with Crippen molar-refractivity contribution in [2.75, 3.05) is 0 Å². The molecule has 1 aliphatic rings. The Morgan fingerprint density at radius 1 is 1.14 bits per heavy atom. The van der Waals surface area contributed by atoms with Crippen LogP contribution in [0.2, 0.25) is 0 Å². The number of hydrogen-bond acceptors (Lipinski definition) is 5. The van der Waals surface area contributed by atoms with Crippen molar-refractivity contribution in [3.63, 3.8) is 0 Å². The molecule has 1 aromatic carbocycles. The normalized spacial score (nSPS) is 13.2. The van der Waals surface area contributed by atoms with Crippen LogP contribution >= 0.6 is 23.1 Å². The number of thiophene rings is 1. The Morgan fingerprint density at radius 2 is 2.00 bits per heavy atom. The molecule has 28 heavy (non-hydrogen) atoms. The molecular weight excluding hydrogens is 386 g/mol. The number of benzene rings is 1. The number of nitrogens with zero attached hydrogens (tertiary/aromatic N) is 3. The van der Waals surface area contributed by atoms with Crippen molar-refractivity contribution < 1.29 is 0 Å². The monoisotopic (exact) mass is 405 g/mol. The van der Waals surface area contributed by atoms with Crippen molar-refractivity contribution in [1.82, 2.24) is 14.5 Å². The van der Waals surface area contributed by atoms with Crippen molar-refractivity contribution in [3.05, 3.63) is 80.7 Å². The fourth-order valence-electron chi connectivity index (χ4n) is 3.67. The lowest BCUT2D eigenvalue weighted by atomic mass is 10.2. The van der Waals surface area contributed by atoms with Crippen LogP contribution in [0.1, 0.15) is 28.1 Å². The van der Waals surface area contributed by atoms with Crippen LogP contribution in [-0.2, 0) is 18.6 Å². The summed E-state index contributed by atoms with van der Waals surface area (Å²) in [5.74, 6) is 0.676. The molecule has 4 nitrogen and oxygen atoms in total. The number of aryl methyl sites for hydroxylation is 3. The summed E-state index contributed by atoms with van der Waals surface area (Å²) in [7, 11) is 0. The first-order valence-corrected chi connectivity index (χ1v) is 11.2. The van der Waals surface area contributed by atoms with Gasteiger partial charge in [-0.15, -0.1) is 11.3 Å². The second-order valence-electron chi connectivity index (χ2n) is 7.02. The van der Waals surface area contributed by atoms with Crippen LogP contribution < -0.4 is 5.56 Å². The van der Waals surface area contributed by atoms with Gasteiger partial charge in [-0.25, -0.2) is 4.98 Å². The molecule has 140 valence electrons. The van der Waals surface area contributed by atoms with Gasteiger partial charge in [0.2, 0.25) is 0 Å². The van der Waals surface area contributed by atoms with E-state index in [0.29, 0.717) is 5.75 Å². The van der Waals surface area contributed by atoms with Gasteiger partial charge in [0.1, 0.15) is 4.83 Å². The number of fused-ring (bicyclic) bond motifs is 3. The van der Waals surface area contributed by atoms with Gasteiger partial charge in [0.25, 0.3) is 5.56 Å². The summed E-state index contributed by atoms with van der Waals surface area (Å²) < 4.78 is 1.78. The molecule has 0 bridgehead atoms. The SMILES string of the molecule is Cc1ccc(-n2c(SCc3ccccn3)nc3sc4c(c3c2=O)CCC4)cc1. The van der Waals surface area contributed by atoms with Gasteiger partial charge in [0.15, 0.2) is 5.16 Å². The summed E-state index contributed by atoms with van der Waals surface area (Å²) in [6, 6.07) is 14.0. The highest BCUT2D eigenvalue weighted by atomic mass is 32.2. The van der Waals surface area contributed by atoms with Gasteiger partial charge < -0.3 is 0 Å². The average Bonchev–Trinajstić information content (AvgIpc) is 3.29. The molecule has 3 heterocycles. The highest BCUT2D eigenvalue weighted by Crippen LogP contribution is 2.36. The number of thioether (sulfide) groups is 1. The van der Waals surface area contributed by atoms with Gasteiger partial charge in [0, 0.05) is 16.8 Å². The van der Waals surface area contributed by atoms with Gasteiger partial charge in [0.05, 0.1) is 16.8 Å². The van der Waals surface area contributed by atoms with Crippen molar-refractivity contribution in [2.24, 2.45) is 0 Å². The van der Waals surface area contributed by atoms with Crippen molar-refractivity contribution in [2.45, 2.75) is 37.1 Å². The maximum absolute atomic E-state index is 13.6. The molecule has 0 spiro atoms. The Balaban J connectivity index is 1.67. The van der Waals surface area contributed by atoms with Crippen LogP contribution in [0.3, 0.4) is 0 Å². The third-order valence-electron chi connectivity index (χ3n) is 5.08. The number of pyridine rings is 1. The van der Waals surface area contributed by atoms with E-state index >= 15 is 0 Å². The number of aromatic nitrogens is 3. The molecule has 0 radical (unpaired) electrons. The number of rotatable bonds is 4. The van der Waals surface area contributed by atoms with Gasteiger partial charge in [-0.2, -0.15) is 0 Å². The smallest absolute Gasteiger partial charge is 0.267 e. The van der Waals surface area contributed by atoms with E-state index in [1.807, 2.05) is 42.5 Å². The molecule has 0 saturated carbocycles. The van der Waals surface area contributed by atoms with E-state index in [1.54, 1.807) is 33.9 Å². The van der Waals surface area contributed by atoms with Gasteiger partial charge in [-0.05, 0) is 56.0 Å². The summed E-state index contributed by atoms with van der Waals surface area (Å²) in [6.45, 7) is 2.05. The first-order valence-electron chi connectivity index (χ1n) is 9.38. The third-order valence-corrected chi connectivity index (χ3v) is 7.23. The third kappa shape index (κ3) is 3.06. The number of hydrogen-bond donors (Lipinski definition) is 0. The standard InChI is InChI=1S/C22H19N3OS2/c1-14-8-10-16(11-9-14)25-21(26)19-17-6-4-7-18(17)28-20(19)24-22(25)27-13-15-5-2-3-12-23-15/h2-3,5,8-12H,4,6-7,13H2,1H3. The first kappa shape index (κ1) is 17.6. The quantitative estimate of drug-likeness (QED) is 0.357. The molecule has 0 N–H and O–H groups in total. The lowest BCUT2D eigenvalue weighted by Crippen LogP contribution is -2.21. The van der Waals surface area contributed by atoms with E-state index < -0.39 is 0 Å². The summed E-state index contributed by atoms with van der Waals surface area (Å²) in [5.41, 5.74) is 4.29. The first-order chi connectivity index (χ1) is 13.7. The van der Waals surface area contributed by atoms with Gasteiger partial charge >= 0.3 is 0 Å². The minimum Gasteiger partial charge on any atom is -0.268 e. The highest BCUT2D eigenvalue weighted by molar-refractivity contribution is 7.98. The zero-order chi connectivity index (χ0) is 19.1. The highest BCUT2D eigenvalue weighted by Gasteiger charge is 2.23. The molecule has 0 unspecified atom stereocenters. The molecule has 5 rings (SSSR count). The fraction of sp³-hybridized carbons (Fsp3) is 0.227. The lowest BCUT2D eigenvalue weighted by Gasteiger charge is -2.12. The second-order valence-corrected chi connectivity index (χ2v) is 9.04. The zero-order valence-electron chi connectivity index (χ0n) is 15.5. The largest absolute Gasteiger partial charge is 0.268 e. The Labute approximate surface area is 171 Å². The topological polar surface area (TPSA) is 47.8 Å². The Morgan fingerprint density at radius 3 is 2.79 bits per heavy atom. The molecule has 0 aliphatic heterocycles. The van der Waals surface area contributed by atoms with Crippen molar-refractivity contribution in [3.8, 4) is 5.69 Å². The molecule has 0 atom stereocenters. The van der Waals surface area contributed by atoms with Crippen LogP contribution in [-0.4, -0.2) is 14.5 Å². The maximum atomic E-state index is 13.6. The van der Waals surface area contributed by atoms with Crippen LogP contribution in [0.15, 0.2) is 58.6 Å². The Bertz CT molecular complexity index is 1210. The van der Waals surface area contributed by atoms with Crippen molar-refractivity contribution >= 4 is 33.3 Å². The summed E-state index contributed by atoms with van der Waals surface area (Å²) >= 11 is 3.25. The van der Waals surface area contributed by atoms with E-state index in [0.717, 1.165) is 46.0 Å². The summed E-state index contributed by atoms with van der Waals surface area (Å²) in [5, 5.41) is 1.55. The van der Waals surface area contributed by atoms with Crippen LogP contribution in [0.25, 0.3) is 15.9 Å². The molecule has 4 aromatic rings. The summed E-state index contributed by atoms with van der Waals surface area (Å²) in [6.07, 6.45) is 4.98. The van der Waals surface area contributed by atoms with E-state index in [-0.39, 0.29) is 5.56 Å². The van der Waals surface area contributed by atoms with Gasteiger partial charge in [-0.3, -0.25) is 14.3 Å². The molecule has 6 heteroatoms. The Kier molecular flexibility index (Phi) is 4.53. The predicted molar refractivity (Wildman–Crippen MR) is 116 cm³/mol. The minimum absolute atomic E-state index is 0.0526. The molecule has 0 amide bonds. The Hall–Kier alpha value is -2.44. The average molecular weight is 406 g/mol. The molecule has 3 aromatic heterocycles. The fourth-order valence-corrected chi connectivity index (χ4v) is 5.90. The molecule has 0 fully saturated rings. The van der Waals surface area contributed by atoms with Crippen LogP contribution in [0.4, 0.5) is 0 Å². The van der Waals surface area contributed by atoms with E-state index in [4.69, 9.17) is 4.98 Å². The van der Waals surface area contributed by atoms with E-state index in [1.165, 1.54) is 16.0 Å². The molecule has 1 aliphatic carbocycles.